The monoisotopic (exact) mass is 187 g/mol. The largest absolute Gasteiger partial charge is 0.399 e. The normalized spacial score (nSPS) is 8.00. The molecule has 0 bridgehead atoms. The summed E-state index contributed by atoms with van der Waals surface area (Å²) in [4.78, 5) is 0. The highest BCUT2D eigenvalue weighted by atomic mass is 32.2. The van der Waals surface area contributed by atoms with Crippen molar-refractivity contribution in [1.82, 2.24) is 0 Å². The number of rotatable bonds is 0. The van der Waals surface area contributed by atoms with Crippen LogP contribution in [0.25, 0.3) is 0 Å². The maximum Gasteiger partial charge on any atom is 0.308 e. The number of benzene rings is 1. The molecule has 1 aromatic rings. The molecule has 0 aromatic heterocycles. The molecule has 1 aromatic carbocycles. The van der Waals surface area contributed by atoms with Gasteiger partial charge in [0, 0.05) is 11.4 Å². The van der Waals surface area contributed by atoms with E-state index in [0.29, 0.717) is 0 Å². The summed E-state index contributed by atoms with van der Waals surface area (Å²) >= 11 is 0. The molecule has 0 aliphatic carbocycles. The van der Waals surface area contributed by atoms with Gasteiger partial charge in [0.25, 0.3) is 0 Å². The number of nitrogen functional groups attached to an aromatic ring is 2. The van der Waals surface area contributed by atoms with Gasteiger partial charge in [-0.15, -0.1) is 0 Å². The van der Waals surface area contributed by atoms with E-state index in [0.717, 1.165) is 11.4 Å². The van der Waals surface area contributed by atoms with Gasteiger partial charge < -0.3 is 11.5 Å². The molecule has 0 atom stereocenters. The number of nitrogens with two attached hydrogens (primary N) is 2. The summed E-state index contributed by atoms with van der Waals surface area (Å²) < 4.78 is 22.8. The first-order chi connectivity index (χ1) is 5.52. The van der Waals surface area contributed by atoms with Crippen molar-refractivity contribution in [2.75, 3.05) is 11.5 Å². The lowest BCUT2D eigenvalue weighted by Gasteiger charge is -1.90. The fourth-order valence-corrected chi connectivity index (χ4v) is 0.496. The molecule has 0 spiro atoms. The summed E-state index contributed by atoms with van der Waals surface area (Å²) in [5.41, 5.74) is 12.2. The highest BCUT2D eigenvalue weighted by molar-refractivity contribution is 7.60. The maximum absolute atomic E-state index is 8.67. The predicted octanol–water partition coefficient (Wildman–Crippen LogP) is 0.479. The lowest BCUT2D eigenvalue weighted by Crippen LogP contribution is -1.86. The average Bonchev–Trinajstić information content (AvgIpc) is 1.94. The lowest BCUT2D eigenvalue weighted by atomic mass is 10.3. The van der Waals surface area contributed by atoms with Gasteiger partial charge in [0.15, 0.2) is 0 Å². The summed E-state index contributed by atoms with van der Waals surface area (Å²) in [5, 5.41) is 0. The van der Waals surface area contributed by atoms with Gasteiger partial charge in [0.2, 0.25) is 0 Å². The van der Waals surface area contributed by atoms with E-state index in [4.69, 9.17) is 24.7 Å². The van der Waals surface area contributed by atoms with E-state index in [-0.39, 0.29) is 0 Å². The molecule has 0 radical (unpaired) electrons. The fourth-order valence-electron chi connectivity index (χ4n) is 0.496. The van der Waals surface area contributed by atoms with Crippen LogP contribution < -0.4 is 11.5 Å². The molecule has 1 rings (SSSR count). The Kier molecular flexibility index (Phi) is 4.47. The molecule has 0 saturated carbocycles. The van der Waals surface area contributed by atoms with E-state index in [1.165, 1.54) is 0 Å². The highest BCUT2D eigenvalue weighted by Crippen LogP contribution is 2.04. The van der Waals surface area contributed by atoms with Gasteiger partial charge in [-0.2, -0.15) is 13.2 Å². The van der Waals surface area contributed by atoms with Crippen LogP contribution in [0.3, 0.4) is 0 Å². The molecule has 0 fully saturated rings. The molecule has 6 heteroatoms. The third-order valence-electron chi connectivity index (χ3n) is 0.936. The van der Waals surface area contributed by atoms with E-state index in [9.17, 15) is 0 Å². The van der Waals surface area contributed by atoms with Crippen molar-refractivity contribution < 1.29 is 8.42 Å². The van der Waals surface area contributed by atoms with Crippen LogP contribution >= 0.6 is 0 Å². The van der Waals surface area contributed by atoms with Crippen LogP contribution in [0, 0.1) is 4.78 Å². The maximum atomic E-state index is 8.67. The Morgan fingerprint density at radius 1 is 1.00 bits per heavy atom. The topological polar surface area (TPSA) is 110 Å². The first kappa shape index (κ1) is 10.4. The van der Waals surface area contributed by atoms with Crippen molar-refractivity contribution >= 4 is 21.9 Å². The van der Waals surface area contributed by atoms with Gasteiger partial charge in [0.05, 0.1) is 0 Å². The van der Waals surface area contributed by atoms with Crippen LogP contribution in [0.4, 0.5) is 11.4 Å². The van der Waals surface area contributed by atoms with Crippen LogP contribution in [-0.4, -0.2) is 8.42 Å². The van der Waals surface area contributed by atoms with E-state index in [1.807, 2.05) is 0 Å². The molecule has 5 nitrogen and oxygen atoms in total. The summed E-state index contributed by atoms with van der Waals surface area (Å²) in [7, 11) is -2.61. The van der Waals surface area contributed by atoms with Gasteiger partial charge in [-0.3, -0.25) is 0 Å². The molecular weight excluding hydrogens is 178 g/mol. The van der Waals surface area contributed by atoms with Crippen molar-refractivity contribution in [3.8, 4) is 0 Å². The number of anilines is 2. The zero-order valence-corrected chi connectivity index (χ0v) is 7.01. The van der Waals surface area contributed by atoms with Crippen molar-refractivity contribution in [2.24, 2.45) is 0 Å². The third-order valence-corrected chi connectivity index (χ3v) is 0.936. The zero-order valence-electron chi connectivity index (χ0n) is 6.19. The Bertz CT molecular complexity index is 301. The Balaban J connectivity index is 0.000000261. The smallest absolute Gasteiger partial charge is 0.308 e. The van der Waals surface area contributed by atoms with Crippen molar-refractivity contribution in [3.05, 3.63) is 24.3 Å². The predicted molar refractivity (Wildman–Crippen MR) is 46.9 cm³/mol. The van der Waals surface area contributed by atoms with E-state index in [2.05, 4.69) is 0 Å². The summed E-state index contributed by atoms with van der Waals surface area (Å²) in [6.07, 6.45) is 0. The second-order valence-electron chi connectivity index (χ2n) is 1.90. The van der Waals surface area contributed by atoms with Crippen LogP contribution in [-0.2, 0) is 10.5 Å². The van der Waals surface area contributed by atoms with Crippen LogP contribution in [0.1, 0.15) is 0 Å². The molecule has 5 N–H and O–H groups in total. The first-order valence-corrected chi connectivity index (χ1v) is 4.01. The van der Waals surface area contributed by atoms with Gasteiger partial charge in [0.1, 0.15) is 0 Å². The van der Waals surface area contributed by atoms with Crippen molar-refractivity contribution in [3.63, 3.8) is 0 Å². The standard InChI is InChI=1S/C6H8N2.HNO2S/c7-5-1-2-6(8)4-3-5;1-4(2)3/h1-4H,7-8H2;1H. The number of hydrogen-bond donors (Lipinski definition) is 3. The van der Waals surface area contributed by atoms with E-state index < -0.39 is 10.5 Å². The molecule has 0 amide bonds. The van der Waals surface area contributed by atoms with Crippen molar-refractivity contribution in [1.29, 1.82) is 4.78 Å². The quantitative estimate of drug-likeness (QED) is 0.513. The minimum atomic E-state index is -2.61. The molecular formula is C6H9N3O2S. The Morgan fingerprint density at radius 3 is 1.33 bits per heavy atom. The summed E-state index contributed by atoms with van der Waals surface area (Å²) in [5.74, 6) is 0. The van der Waals surface area contributed by atoms with Crippen LogP contribution in [0.5, 0.6) is 0 Å². The average molecular weight is 187 g/mol. The molecule has 66 valence electrons. The highest BCUT2D eigenvalue weighted by Gasteiger charge is 1.80. The fraction of sp³-hybridized carbons (Fsp3) is 0. The number of hydrogen-bond acceptors (Lipinski definition) is 5. The van der Waals surface area contributed by atoms with Gasteiger partial charge in [-0.1, -0.05) is 0 Å². The third kappa shape index (κ3) is 6.56. The second-order valence-corrected chi connectivity index (χ2v) is 2.37. The SMILES string of the molecule is N=S(=O)=O.Nc1ccc(N)cc1. The lowest BCUT2D eigenvalue weighted by molar-refractivity contribution is 0.620. The van der Waals surface area contributed by atoms with Crippen LogP contribution in [0.15, 0.2) is 24.3 Å². The second kappa shape index (κ2) is 5.14. The Morgan fingerprint density at radius 2 is 1.17 bits per heavy atom. The molecule has 0 aliphatic heterocycles. The van der Waals surface area contributed by atoms with E-state index in [1.54, 1.807) is 24.3 Å². The Hall–Kier alpha value is -1.56. The van der Waals surface area contributed by atoms with Gasteiger partial charge in [-0.25, -0.2) is 0 Å². The Labute approximate surface area is 71.5 Å². The summed E-state index contributed by atoms with van der Waals surface area (Å²) in [6, 6.07) is 7.09. The van der Waals surface area contributed by atoms with Crippen LogP contribution in [0.2, 0.25) is 0 Å². The summed E-state index contributed by atoms with van der Waals surface area (Å²) in [6.45, 7) is 0. The molecule has 0 saturated heterocycles. The molecule has 0 heterocycles. The minimum Gasteiger partial charge on any atom is -0.399 e. The zero-order chi connectivity index (χ0) is 9.56. The van der Waals surface area contributed by atoms with Gasteiger partial charge in [-0.05, 0) is 24.3 Å². The molecule has 0 unspecified atom stereocenters. The van der Waals surface area contributed by atoms with Crippen molar-refractivity contribution in [2.45, 2.75) is 0 Å². The molecule has 12 heavy (non-hydrogen) atoms. The van der Waals surface area contributed by atoms with Gasteiger partial charge >= 0.3 is 10.5 Å². The first-order valence-electron chi connectivity index (χ1n) is 2.94. The number of nitrogens with one attached hydrogen (secondary N) is 1. The minimum absolute atomic E-state index is 0.749. The van der Waals surface area contributed by atoms with E-state index >= 15 is 0 Å². The molecule has 0 aliphatic rings.